The van der Waals surface area contributed by atoms with Crippen LogP contribution in [0.1, 0.15) is 17.2 Å². The van der Waals surface area contributed by atoms with E-state index in [1.54, 1.807) is 18.3 Å². The molecular formula is C18H16F3N3O. The Morgan fingerprint density at radius 3 is 2.40 bits per heavy atom. The summed E-state index contributed by atoms with van der Waals surface area (Å²) in [6.45, 7) is 0.280. The quantitative estimate of drug-likeness (QED) is 0.641. The van der Waals surface area contributed by atoms with Gasteiger partial charge in [-0.15, -0.1) is 0 Å². The molecule has 1 heterocycles. The van der Waals surface area contributed by atoms with E-state index in [1.807, 2.05) is 0 Å². The number of aliphatic hydroxyl groups excluding tert-OH is 1. The van der Waals surface area contributed by atoms with Crippen molar-refractivity contribution < 1.29 is 18.3 Å². The topological polar surface area (TPSA) is 60.9 Å². The molecule has 0 bridgehead atoms. The molecule has 3 aromatic rings. The van der Waals surface area contributed by atoms with Crippen molar-refractivity contribution in [2.75, 3.05) is 6.54 Å². The van der Waals surface area contributed by atoms with E-state index in [4.69, 9.17) is 0 Å². The maximum atomic E-state index is 13.6. The molecule has 0 saturated heterocycles. The van der Waals surface area contributed by atoms with Crippen LogP contribution in [0.2, 0.25) is 0 Å². The third-order valence-electron chi connectivity index (χ3n) is 3.84. The highest BCUT2D eigenvalue weighted by atomic mass is 19.1. The van der Waals surface area contributed by atoms with Gasteiger partial charge in [-0.25, -0.2) is 13.2 Å². The molecule has 0 fully saturated rings. The van der Waals surface area contributed by atoms with Gasteiger partial charge in [0.1, 0.15) is 17.5 Å². The largest absolute Gasteiger partial charge is 0.387 e. The Morgan fingerprint density at radius 2 is 1.72 bits per heavy atom. The highest BCUT2D eigenvalue weighted by molar-refractivity contribution is 5.62. The molecule has 3 N–H and O–H groups in total. The van der Waals surface area contributed by atoms with Gasteiger partial charge in [-0.1, -0.05) is 6.07 Å². The molecule has 0 radical (unpaired) electrons. The van der Waals surface area contributed by atoms with E-state index in [1.165, 1.54) is 18.2 Å². The van der Waals surface area contributed by atoms with Crippen LogP contribution in [0.5, 0.6) is 0 Å². The molecule has 1 atom stereocenters. The predicted molar refractivity (Wildman–Crippen MR) is 87.0 cm³/mol. The van der Waals surface area contributed by atoms with Crippen LogP contribution in [0.25, 0.3) is 11.3 Å². The van der Waals surface area contributed by atoms with Gasteiger partial charge in [0, 0.05) is 24.2 Å². The van der Waals surface area contributed by atoms with Gasteiger partial charge in [-0.05, 0) is 36.4 Å². The van der Waals surface area contributed by atoms with E-state index in [0.717, 1.165) is 23.3 Å². The second kappa shape index (κ2) is 7.50. The number of aliphatic hydroxyl groups is 1. The van der Waals surface area contributed by atoms with Gasteiger partial charge in [-0.3, -0.25) is 5.10 Å². The summed E-state index contributed by atoms with van der Waals surface area (Å²) in [5, 5.41) is 19.8. The third kappa shape index (κ3) is 3.89. The van der Waals surface area contributed by atoms with E-state index in [0.29, 0.717) is 12.2 Å². The molecule has 25 heavy (non-hydrogen) atoms. The molecule has 0 aliphatic carbocycles. The van der Waals surface area contributed by atoms with E-state index in [-0.39, 0.29) is 17.9 Å². The van der Waals surface area contributed by atoms with Gasteiger partial charge in [0.15, 0.2) is 0 Å². The number of aromatic nitrogens is 2. The first-order valence-corrected chi connectivity index (χ1v) is 7.67. The fourth-order valence-electron chi connectivity index (χ4n) is 2.59. The second-order valence-electron chi connectivity index (χ2n) is 5.56. The Morgan fingerprint density at radius 1 is 1.04 bits per heavy atom. The zero-order chi connectivity index (χ0) is 17.8. The minimum absolute atomic E-state index is 0.0358. The molecule has 2 aromatic carbocycles. The minimum atomic E-state index is -1.32. The normalized spacial score (nSPS) is 12.3. The number of aromatic amines is 1. The number of rotatable bonds is 6. The number of hydrogen-bond acceptors (Lipinski definition) is 3. The lowest BCUT2D eigenvalue weighted by atomic mass is 10.1. The molecule has 0 saturated carbocycles. The Hall–Kier alpha value is -2.64. The Balaban J connectivity index is 1.65. The molecule has 130 valence electrons. The molecule has 0 spiro atoms. The van der Waals surface area contributed by atoms with Crippen LogP contribution in [-0.4, -0.2) is 21.8 Å². The van der Waals surface area contributed by atoms with Crippen LogP contribution in [-0.2, 0) is 6.54 Å². The zero-order valence-corrected chi connectivity index (χ0v) is 13.1. The van der Waals surface area contributed by atoms with Crippen molar-refractivity contribution in [3.8, 4) is 11.3 Å². The zero-order valence-electron chi connectivity index (χ0n) is 13.1. The molecule has 1 aromatic heterocycles. The number of hydrogen-bond donors (Lipinski definition) is 3. The molecule has 4 nitrogen and oxygen atoms in total. The van der Waals surface area contributed by atoms with E-state index >= 15 is 0 Å². The van der Waals surface area contributed by atoms with E-state index in [9.17, 15) is 18.3 Å². The van der Waals surface area contributed by atoms with Crippen molar-refractivity contribution in [3.63, 3.8) is 0 Å². The predicted octanol–water partition coefficient (Wildman–Crippen LogP) is 3.32. The van der Waals surface area contributed by atoms with Crippen molar-refractivity contribution in [2.45, 2.75) is 12.6 Å². The summed E-state index contributed by atoms with van der Waals surface area (Å²) in [6.07, 6.45) is 0.282. The van der Waals surface area contributed by atoms with Gasteiger partial charge in [0.25, 0.3) is 0 Å². The fourth-order valence-corrected chi connectivity index (χ4v) is 2.59. The molecule has 7 heteroatoms. The number of nitrogens with one attached hydrogen (secondary N) is 2. The number of nitrogens with zero attached hydrogens (tertiary/aromatic N) is 1. The van der Waals surface area contributed by atoms with E-state index in [2.05, 4.69) is 15.5 Å². The minimum Gasteiger partial charge on any atom is -0.387 e. The summed E-state index contributed by atoms with van der Waals surface area (Å²) in [6, 6.07) is 9.38. The molecule has 1 unspecified atom stereocenters. The van der Waals surface area contributed by atoms with Crippen molar-refractivity contribution in [2.24, 2.45) is 0 Å². The fraction of sp³-hybridized carbons (Fsp3) is 0.167. The van der Waals surface area contributed by atoms with Gasteiger partial charge in [-0.2, -0.15) is 5.10 Å². The third-order valence-corrected chi connectivity index (χ3v) is 3.84. The first-order valence-electron chi connectivity index (χ1n) is 7.67. The maximum Gasteiger partial charge on any atom is 0.131 e. The molecular weight excluding hydrogens is 331 g/mol. The highest BCUT2D eigenvalue weighted by Crippen LogP contribution is 2.22. The van der Waals surface area contributed by atoms with Crippen LogP contribution >= 0.6 is 0 Å². The lowest BCUT2D eigenvalue weighted by Gasteiger charge is -2.14. The van der Waals surface area contributed by atoms with Crippen molar-refractivity contribution >= 4 is 0 Å². The smallest absolute Gasteiger partial charge is 0.131 e. The molecule has 3 rings (SSSR count). The summed E-state index contributed by atoms with van der Waals surface area (Å²) < 4.78 is 40.3. The lowest BCUT2D eigenvalue weighted by Crippen LogP contribution is -2.22. The Labute approximate surface area is 142 Å². The first-order chi connectivity index (χ1) is 12.1. The second-order valence-corrected chi connectivity index (χ2v) is 5.56. The summed E-state index contributed by atoms with van der Waals surface area (Å²) in [5.74, 6) is -1.91. The van der Waals surface area contributed by atoms with Crippen LogP contribution in [0.3, 0.4) is 0 Å². The molecule has 0 aliphatic heterocycles. The van der Waals surface area contributed by atoms with Gasteiger partial charge in [0.05, 0.1) is 23.6 Å². The molecule has 0 amide bonds. The van der Waals surface area contributed by atoms with Crippen LogP contribution < -0.4 is 5.32 Å². The first kappa shape index (κ1) is 17.2. The number of benzene rings is 2. The summed E-state index contributed by atoms with van der Waals surface area (Å²) in [7, 11) is 0. The average molecular weight is 347 g/mol. The highest BCUT2D eigenvalue weighted by Gasteiger charge is 2.17. The van der Waals surface area contributed by atoms with Crippen molar-refractivity contribution in [3.05, 3.63) is 77.2 Å². The van der Waals surface area contributed by atoms with E-state index < -0.39 is 17.7 Å². The van der Waals surface area contributed by atoms with Gasteiger partial charge < -0.3 is 10.4 Å². The average Bonchev–Trinajstić information content (AvgIpc) is 3.04. The molecule has 0 aliphatic rings. The summed E-state index contributed by atoms with van der Waals surface area (Å²) in [4.78, 5) is 0. The lowest BCUT2D eigenvalue weighted by molar-refractivity contribution is 0.164. The Bertz CT molecular complexity index is 829. The van der Waals surface area contributed by atoms with Crippen molar-refractivity contribution in [1.82, 2.24) is 15.5 Å². The standard InChI is InChI=1S/C18H16F3N3O/c19-13-6-4-11(5-7-13)18-12(9-23-24-18)8-22-10-16(25)17-14(20)2-1-3-15(17)21/h1-7,9,16,22,25H,8,10H2,(H,23,24). The Kier molecular flexibility index (Phi) is 5.16. The van der Waals surface area contributed by atoms with Crippen LogP contribution in [0, 0.1) is 17.5 Å². The SMILES string of the molecule is OC(CNCc1cn[nH]c1-c1ccc(F)cc1)c1c(F)cccc1F. The van der Waals surface area contributed by atoms with Crippen LogP contribution in [0.4, 0.5) is 13.2 Å². The van der Waals surface area contributed by atoms with Crippen molar-refractivity contribution in [1.29, 1.82) is 0 Å². The van der Waals surface area contributed by atoms with Gasteiger partial charge >= 0.3 is 0 Å². The maximum absolute atomic E-state index is 13.6. The summed E-state index contributed by atoms with van der Waals surface area (Å²) >= 11 is 0. The number of H-pyrrole nitrogens is 1. The monoisotopic (exact) mass is 347 g/mol. The number of halogens is 3. The van der Waals surface area contributed by atoms with Crippen LogP contribution in [0.15, 0.2) is 48.7 Å². The van der Waals surface area contributed by atoms with Gasteiger partial charge in [0.2, 0.25) is 0 Å². The summed E-state index contributed by atoms with van der Waals surface area (Å²) in [5.41, 5.74) is 1.89.